The second kappa shape index (κ2) is 6.09. The first-order valence-corrected chi connectivity index (χ1v) is 7.64. The fourth-order valence-electron chi connectivity index (χ4n) is 3.40. The maximum atomic E-state index is 2.32. The van der Waals surface area contributed by atoms with Gasteiger partial charge in [-0.2, -0.15) is 0 Å². The quantitative estimate of drug-likeness (QED) is 0.550. The Morgan fingerprint density at radius 3 is 2.43 bits per heavy atom. The van der Waals surface area contributed by atoms with Crippen molar-refractivity contribution < 1.29 is 24.0 Å². The molecule has 0 saturated heterocycles. The van der Waals surface area contributed by atoms with Gasteiger partial charge in [0, 0.05) is 18.6 Å². The van der Waals surface area contributed by atoms with Crippen LogP contribution in [0.3, 0.4) is 0 Å². The molecule has 0 N–H and O–H groups in total. The first-order chi connectivity index (χ1) is 9.57. The number of hydrogen-bond acceptors (Lipinski definition) is 0. The van der Waals surface area contributed by atoms with Crippen molar-refractivity contribution in [3.63, 3.8) is 0 Å². The third-order valence-corrected chi connectivity index (χ3v) is 4.87. The van der Waals surface area contributed by atoms with Crippen LogP contribution in [0.25, 0.3) is 16.3 Å². The van der Waals surface area contributed by atoms with Crippen LogP contribution < -0.4 is 28.5 Å². The number of unbranched alkanes of at least 4 members (excludes halogenated alkanes) is 1. The minimum absolute atomic E-state index is 0. The molecule has 0 unspecified atom stereocenters. The lowest BCUT2D eigenvalue weighted by Gasteiger charge is -2.26. The molecule has 0 bridgehead atoms. The molecule has 0 aliphatic carbocycles. The average molecular weight is 395 g/mol. The highest BCUT2D eigenvalue weighted by molar-refractivity contribution is 6.02. The average Bonchev–Trinajstić information content (AvgIpc) is 2.65. The van der Waals surface area contributed by atoms with Crippen molar-refractivity contribution in [3.8, 4) is 0 Å². The number of benzene rings is 2. The number of allylic oxidation sites excluding steroid dienone is 2. The van der Waals surface area contributed by atoms with Gasteiger partial charge in [-0.15, -0.1) is 0 Å². The highest BCUT2D eigenvalue weighted by Crippen LogP contribution is 2.47. The molecule has 2 aromatic carbocycles. The van der Waals surface area contributed by atoms with Crippen molar-refractivity contribution >= 4 is 22.0 Å². The summed E-state index contributed by atoms with van der Waals surface area (Å²) < 4.78 is 0.902. The van der Waals surface area contributed by atoms with E-state index < -0.39 is 0 Å². The van der Waals surface area contributed by atoms with E-state index in [9.17, 15) is 0 Å². The summed E-state index contributed by atoms with van der Waals surface area (Å²) in [6.45, 7) is 4.58. The fraction of sp³-hybridized carbons (Fsp3) is 0.368. The van der Waals surface area contributed by atoms with E-state index in [-0.39, 0.29) is 24.0 Å². The zero-order chi connectivity index (χ0) is 14.3. The normalized spacial score (nSPS) is 16.0. The highest BCUT2D eigenvalue weighted by atomic mass is 127. The summed E-state index contributed by atoms with van der Waals surface area (Å²) in [4.78, 5) is 0. The van der Waals surface area contributed by atoms with Gasteiger partial charge in [-0.05, 0) is 29.7 Å². The lowest BCUT2D eigenvalue weighted by molar-refractivity contribution is -0.00000418. The van der Waals surface area contributed by atoms with Gasteiger partial charge in [0.1, 0.15) is 11.4 Å². The third kappa shape index (κ3) is 2.53. The largest absolute Gasteiger partial charge is 0.267 e. The van der Waals surface area contributed by atoms with E-state index in [0.29, 0.717) is 0 Å². The van der Waals surface area contributed by atoms with Crippen molar-refractivity contribution in [2.24, 2.45) is 0 Å². The monoisotopic (exact) mass is 395 g/mol. The molecule has 112 valence electrons. The number of quaternary nitrogens is 1. The molecule has 0 radical (unpaired) electrons. The topological polar surface area (TPSA) is 0 Å². The van der Waals surface area contributed by atoms with Crippen LogP contribution in [0.4, 0.5) is 5.69 Å². The molecular formula is C19H26IN+2. The molecule has 21 heavy (non-hydrogen) atoms. The van der Waals surface area contributed by atoms with Crippen molar-refractivity contribution in [2.75, 3.05) is 14.1 Å². The molecule has 0 aromatic heterocycles. The molecule has 1 heterocycles. The molecule has 1 aliphatic rings. The van der Waals surface area contributed by atoms with E-state index in [1.165, 1.54) is 47.0 Å². The number of hydrogen-bond donors (Lipinski definition) is 0. The summed E-state index contributed by atoms with van der Waals surface area (Å²) in [6, 6.07) is 13.4. The van der Waals surface area contributed by atoms with Gasteiger partial charge in [-0.25, -0.2) is 0 Å². The van der Waals surface area contributed by atoms with Crippen LogP contribution in [0.15, 0.2) is 42.1 Å². The molecule has 1 nitrogen and oxygen atoms in total. The van der Waals surface area contributed by atoms with Gasteiger partial charge in [0.05, 0.1) is 19.7 Å². The summed E-state index contributed by atoms with van der Waals surface area (Å²) in [6.07, 6.45) is 3.73. The van der Waals surface area contributed by atoms with Crippen LogP contribution in [0.2, 0.25) is 0 Å². The smallest absolute Gasteiger partial charge is 0.235 e. The minimum Gasteiger partial charge on any atom is -0.267 e. The van der Waals surface area contributed by atoms with E-state index in [1.54, 1.807) is 5.57 Å². The van der Waals surface area contributed by atoms with Crippen LogP contribution in [-0.4, -0.2) is 14.1 Å². The van der Waals surface area contributed by atoms with Crippen molar-refractivity contribution in [2.45, 2.75) is 33.1 Å². The Balaban J connectivity index is 0.00000161. The number of nitrogens with zero attached hydrogens (tertiary/aromatic N) is 1. The molecule has 0 spiro atoms. The molecule has 0 saturated carbocycles. The molecule has 0 amide bonds. The first-order valence-electron chi connectivity index (χ1n) is 7.64. The van der Waals surface area contributed by atoms with Gasteiger partial charge in [0.2, 0.25) is 24.0 Å². The fourth-order valence-corrected chi connectivity index (χ4v) is 3.40. The minimum atomic E-state index is 0. The Kier molecular flexibility index (Phi) is 4.79. The Labute approximate surface area is 145 Å². The van der Waals surface area contributed by atoms with Gasteiger partial charge < -0.3 is 0 Å². The second-order valence-corrected chi connectivity index (χ2v) is 6.30. The van der Waals surface area contributed by atoms with Gasteiger partial charge in [-0.3, -0.25) is 4.48 Å². The Hall–Kier alpha value is -0.870. The van der Waals surface area contributed by atoms with Crippen LogP contribution >= 0.6 is 0 Å². The summed E-state index contributed by atoms with van der Waals surface area (Å²) in [5.74, 6) is 0. The maximum Gasteiger partial charge on any atom is 0.235 e. The van der Waals surface area contributed by atoms with E-state index in [1.807, 2.05) is 0 Å². The van der Waals surface area contributed by atoms with Gasteiger partial charge in [-0.1, -0.05) is 37.6 Å². The van der Waals surface area contributed by atoms with Crippen molar-refractivity contribution in [1.29, 1.82) is 0 Å². The lowest BCUT2D eigenvalue weighted by Crippen LogP contribution is -3.00. The Morgan fingerprint density at radius 1 is 1.00 bits per heavy atom. The highest BCUT2D eigenvalue weighted by Gasteiger charge is 2.37. The zero-order valence-corrected chi connectivity index (χ0v) is 16.0. The molecule has 3 rings (SSSR count). The van der Waals surface area contributed by atoms with Crippen LogP contribution in [0.1, 0.15) is 38.7 Å². The van der Waals surface area contributed by atoms with Crippen LogP contribution in [0, 0.1) is 0 Å². The van der Waals surface area contributed by atoms with Crippen molar-refractivity contribution in [3.05, 3.63) is 47.7 Å². The Morgan fingerprint density at radius 2 is 1.71 bits per heavy atom. The van der Waals surface area contributed by atoms with Gasteiger partial charge in [0.25, 0.3) is 0 Å². The number of rotatable bonds is 3. The molecule has 2 aromatic rings. The van der Waals surface area contributed by atoms with Crippen LogP contribution in [-0.2, 0) is 0 Å². The first kappa shape index (κ1) is 16.5. The van der Waals surface area contributed by atoms with Crippen molar-refractivity contribution in [1.82, 2.24) is 4.48 Å². The molecule has 2 heteroatoms. The summed E-state index contributed by atoms with van der Waals surface area (Å²) >= 11 is 0. The van der Waals surface area contributed by atoms with E-state index in [4.69, 9.17) is 0 Å². The predicted molar refractivity (Wildman–Crippen MR) is 92.5 cm³/mol. The third-order valence-electron chi connectivity index (χ3n) is 4.87. The molecular weight excluding hydrogens is 369 g/mol. The maximum absolute atomic E-state index is 2.32. The number of halogens is 1. The zero-order valence-electron chi connectivity index (χ0n) is 13.5. The van der Waals surface area contributed by atoms with Crippen LogP contribution in [0.5, 0.6) is 0 Å². The Bertz CT molecular complexity index is 698. The molecule has 0 atom stereocenters. The van der Waals surface area contributed by atoms with Gasteiger partial charge >= 0.3 is 0 Å². The summed E-state index contributed by atoms with van der Waals surface area (Å²) in [5, 5.41) is 2.77. The van der Waals surface area contributed by atoms with E-state index >= 15 is 0 Å². The second-order valence-electron chi connectivity index (χ2n) is 6.30. The summed E-state index contributed by atoms with van der Waals surface area (Å²) in [7, 11) is 4.61. The predicted octanol–water partition coefficient (Wildman–Crippen LogP) is 1.81. The molecule has 1 aliphatic heterocycles. The SMILES string of the molecule is CCCCC1=C(C)[N+](C)(C)c2ccc3ccccc3c21.[IH2+]. The standard InChI is InChI=1S/C19H24N.H2I/c1-5-6-10-16-14(2)20(3,4)18-13-12-15-9-7-8-11-17(15)19(16)18;/h7-9,11-13H,5-6,10H2,1-4H3;1H2/q2*+1. The van der Waals surface area contributed by atoms with E-state index in [2.05, 4.69) is 64.3 Å². The lowest BCUT2D eigenvalue weighted by atomic mass is 9.95. The van der Waals surface area contributed by atoms with Gasteiger partial charge in [0.15, 0.2) is 0 Å². The molecule has 0 fully saturated rings. The van der Waals surface area contributed by atoms with E-state index in [0.717, 1.165) is 4.48 Å². The summed E-state index contributed by atoms with van der Waals surface area (Å²) in [5.41, 5.74) is 6.03. The number of fused-ring (bicyclic) bond motifs is 3.